The Labute approximate surface area is 74.8 Å². The standard InChI is InChI=1S/C9H13BN2/c1-4-7-5-11-8(6(2)3)9(10)12-7/h5-6H,4H2,1-3H3. The van der Waals surface area contributed by atoms with Gasteiger partial charge in [0.05, 0.1) is 11.4 Å². The van der Waals surface area contributed by atoms with Crippen molar-refractivity contribution in [2.45, 2.75) is 33.1 Å². The van der Waals surface area contributed by atoms with Crippen LogP contribution in [-0.4, -0.2) is 17.8 Å². The SMILES string of the molecule is [B]c1nc(CC)cnc1C(C)C. The van der Waals surface area contributed by atoms with Crippen LogP contribution in [0.1, 0.15) is 38.1 Å². The van der Waals surface area contributed by atoms with E-state index in [0.29, 0.717) is 11.5 Å². The van der Waals surface area contributed by atoms with E-state index in [2.05, 4.69) is 23.8 Å². The van der Waals surface area contributed by atoms with E-state index in [4.69, 9.17) is 7.85 Å². The molecule has 1 rings (SSSR count). The summed E-state index contributed by atoms with van der Waals surface area (Å²) >= 11 is 0. The molecule has 0 aliphatic carbocycles. The largest absolute Gasteiger partial charge is 0.266 e. The average molecular weight is 160 g/mol. The zero-order valence-electron chi connectivity index (χ0n) is 7.83. The lowest BCUT2D eigenvalue weighted by molar-refractivity contribution is 0.814. The molecule has 0 amide bonds. The van der Waals surface area contributed by atoms with E-state index in [1.54, 1.807) is 6.20 Å². The number of aryl methyl sites for hydroxylation is 1. The quantitative estimate of drug-likeness (QED) is 0.602. The van der Waals surface area contributed by atoms with Crippen molar-refractivity contribution in [2.75, 3.05) is 0 Å². The molecule has 1 aromatic rings. The van der Waals surface area contributed by atoms with Gasteiger partial charge in [-0.25, -0.2) is 0 Å². The third-order valence-electron chi connectivity index (χ3n) is 1.79. The van der Waals surface area contributed by atoms with Gasteiger partial charge in [-0.05, 0) is 12.3 Å². The summed E-state index contributed by atoms with van der Waals surface area (Å²) in [4.78, 5) is 8.49. The molecule has 0 atom stereocenters. The molecule has 0 aliphatic rings. The molecule has 0 spiro atoms. The molecule has 0 saturated heterocycles. The van der Waals surface area contributed by atoms with Gasteiger partial charge in [0.1, 0.15) is 7.85 Å². The Morgan fingerprint density at radius 2 is 2.17 bits per heavy atom. The lowest BCUT2D eigenvalue weighted by atomic mass is 9.95. The van der Waals surface area contributed by atoms with Crippen LogP contribution in [0.25, 0.3) is 0 Å². The van der Waals surface area contributed by atoms with Gasteiger partial charge in [-0.1, -0.05) is 20.8 Å². The van der Waals surface area contributed by atoms with Crippen LogP contribution in [0.2, 0.25) is 0 Å². The first-order valence-electron chi connectivity index (χ1n) is 4.26. The minimum atomic E-state index is 0.350. The third kappa shape index (κ3) is 1.84. The van der Waals surface area contributed by atoms with Crippen molar-refractivity contribution in [2.24, 2.45) is 0 Å². The second-order valence-corrected chi connectivity index (χ2v) is 3.14. The van der Waals surface area contributed by atoms with Crippen LogP contribution < -0.4 is 5.59 Å². The Morgan fingerprint density at radius 3 is 2.58 bits per heavy atom. The Bertz CT molecular complexity index is 271. The van der Waals surface area contributed by atoms with Crippen LogP contribution in [0.15, 0.2) is 6.20 Å². The summed E-state index contributed by atoms with van der Waals surface area (Å²) in [6.07, 6.45) is 2.68. The molecule has 2 nitrogen and oxygen atoms in total. The van der Waals surface area contributed by atoms with E-state index < -0.39 is 0 Å². The van der Waals surface area contributed by atoms with Crippen molar-refractivity contribution in [3.63, 3.8) is 0 Å². The summed E-state index contributed by atoms with van der Waals surface area (Å²) in [5, 5.41) is 0. The molecule has 1 aromatic heterocycles. The maximum absolute atomic E-state index is 5.72. The molecule has 0 aromatic carbocycles. The van der Waals surface area contributed by atoms with E-state index in [1.165, 1.54) is 0 Å². The second-order valence-electron chi connectivity index (χ2n) is 3.14. The molecule has 3 heteroatoms. The highest BCUT2D eigenvalue weighted by molar-refractivity contribution is 6.31. The molecule has 0 fully saturated rings. The molecule has 0 unspecified atom stereocenters. The van der Waals surface area contributed by atoms with Crippen molar-refractivity contribution in [3.05, 3.63) is 17.6 Å². The molecule has 62 valence electrons. The summed E-state index contributed by atoms with van der Waals surface area (Å²) in [6, 6.07) is 0. The molecule has 0 N–H and O–H groups in total. The molecule has 0 aliphatic heterocycles. The van der Waals surface area contributed by atoms with Crippen LogP contribution in [-0.2, 0) is 6.42 Å². The smallest absolute Gasteiger partial charge is 0.144 e. The van der Waals surface area contributed by atoms with Gasteiger partial charge in [-0.3, -0.25) is 9.97 Å². The number of nitrogens with zero attached hydrogens (tertiary/aromatic N) is 2. The zero-order chi connectivity index (χ0) is 9.14. The summed E-state index contributed by atoms with van der Waals surface area (Å²) < 4.78 is 0. The summed E-state index contributed by atoms with van der Waals surface area (Å²) in [7, 11) is 5.72. The minimum absolute atomic E-state index is 0.350. The Kier molecular flexibility index (Phi) is 2.85. The maximum atomic E-state index is 5.72. The van der Waals surface area contributed by atoms with Gasteiger partial charge >= 0.3 is 0 Å². The van der Waals surface area contributed by atoms with E-state index in [1.807, 2.05) is 6.92 Å². The van der Waals surface area contributed by atoms with Gasteiger partial charge in [-0.15, -0.1) is 0 Å². The Hall–Kier alpha value is -0.855. The lowest BCUT2D eigenvalue weighted by Crippen LogP contribution is -2.19. The molecule has 2 radical (unpaired) electrons. The monoisotopic (exact) mass is 160 g/mol. The lowest BCUT2D eigenvalue weighted by Gasteiger charge is -2.08. The number of aromatic nitrogens is 2. The van der Waals surface area contributed by atoms with Gasteiger partial charge in [0.15, 0.2) is 0 Å². The predicted octanol–water partition coefficient (Wildman–Crippen LogP) is 0.956. The number of hydrogen-bond donors (Lipinski definition) is 0. The van der Waals surface area contributed by atoms with Crippen molar-refractivity contribution in [3.8, 4) is 0 Å². The normalized spacial score (nSPS) is 10.7. The van der Waals surface area contributed by atoms with Gasteiger partial charge in [-0.2, -0.15) is 0 Å². The van der Waals surface area contributed by atoms with Gasteiger partial charge < -0.3 is 0 Å². The van der Waals surface area contributed by atoms with Crippen LogP contribution >= 0.6 is 0 Å². The fourth-order valence-electron chi connectivity index (χ4n) is 1.07. The number of hydrogen-bond acceptors (Lipinski definition) is 2. The van der Waals surface area contributed by atoms with Crippen LogP contribution in [0.3, 0.4) is 0 Å². The van der Waals surface area contributed by atoms with Crippen molar-refractivity contribution >= 4 is 13.4 Å². The molecule has 0 bridgehead atoms. The fourth-order valence-corrected chi connectivity index (χ4v) is 1.07. The summed E-state index contributed by atoms with van der Waals surface area (Å²) in [5.41, 5.74) is 2.42. The van der Waals surface area contributed by atoms with Gasteiger partial charge in [0.25, 0.3) is 0 Å². The Morgan fingerprint density at radius 1 is 1.50 bits per heavy atom. The highest BCUT2D eigenvalue weighted by atomic mass is 14.8. The van der Waals surface area contributed by atoms with Crippen LogP contribution in [0, 0.1) is 0 Å². The fraction of sp³-hybridized carbons (Fsp3) is 0.556. The second kappa shape index (κ2) is 3.70. The summed E-state index contributed by atoms with van der Waals surface area (Å²) in [6.45, 7) is 6.16. The topological polar surface area (TPSA) is 25.8 Å². The molecule has 0 saturated carbocycles. The first kappa shape index (κ1) is 9.23. The minimum Gasteiger partial charge on any atom is -0.266 e. The van der Waals surface area contributed by atoms with E-state index in [-0.39, 0.29) is 0 Å². The van der Waals surface area contributed by atoms with Crippen LogP contribution in [0.4, 0.5) is 0 Å². The van der Waals surface area contributed by atoms with Crippen molar-refractivity contribution in [1.29, 1.82) is 0 Å². The van der Waals surface area contributed by atoms with E-state index in [9.17, 15) is 0 Å². The molecule has 12 heavy (non-hydrogen) atoms. The average Bonchev–Trinajstić information content (AvgIpc) is 2.03. The summed E-state index contributed by atoms with van der Waals surface area (Å²) in [5.74, 6) is 0.350. The molecular weight excluding hydrogens is 147 g/mol. The van der Waals surface area contributed by atoms with Crippen molar-refractivity contribution in [1.82, 2.24) is 9.97 Å². The Balaban J connectivity index is 3.03. The zero-order valence-corrected chi connectivity index (χ0v) is 7.83. The van der Waals surface area contributed by atoms with Gasteiger partial charge in [0, 0.05) is 11.8 Å². The third-order valence-corrected chi connectivity index (χ3v) is 1.79. The van der Waals surface area contributed by atoms with Crippen molar-refractivity contribution < 1.29 is 0 Å². The highest BCUT2D eigenvalue weighted by Gasteiger charge is 2.05. The van der Waals surface area contributed by atoms with Gasteiger partial charge in [0.2, 0.25) is 0 Å². The highest BCUT2D eigenvalue weighted by Crippen LogP contribution is 2.06. The number of rotatable bonds is 2. The first-order valence-corrected chi connectivity index (χ1v) is 4.26. The van der Waals surface area contributed by atoms with Crippen LogP contribution in [0.5, 0.6) is 0 Å². The molecular formula is C9H13BN2. The maximum Gasteiger partial charge on any atom is 0.144 e. The van der Waals surface area contributed by atoms with E-state index in [0.717, 1.165) is 17.8 Å². The predicted molar refractivity (Wildman–Crippen MR) is 50.9 cm³/mol. The first-order chi connectivity index (χ1) is 5.65. The molecule has 1 heterocycles. The van der Waals surface area contributed by atoms with E-state index >= 15 is 0 Å².